The van der Waals surface area contributed by atoms with Crippen LogP contribution >= 0.6 is 23.2 Å². The molecule has 3 aromatic rings. The number of aliphatic hydroxyl groups excluding tert-OH is 1. The minimum absolute atomic E-state index is 0.0774. The van der Waals surface area contributed by atoms with Crippen molar-refractivity contribution in [3.8, 4) is 0 Å². The van der Waals surface area contributed by atoms with E-state index in [0.717, 1.165) is 0 Å². The maximum Gasteiger partial charge on any atom is 0.340 e. The van der Waals surface area contributed by atoms with Gasteiger partial charge in [-0.05, 0) is 38.1 Å². The van der Waals surface area contributed by atoms with Crippen molar-refractivity contribution in [1.29, 1.82) is 0 Å². The molecule has 0 fully saturated rings. The molecule has 0 saturated heterocycles. The number of aryl methyl sites for hydroxylation is 1. The zero-order valence-electron chi connectivity index (χ0n) is 15.6. The van der Waals surface area contributed by atoms with Gasteiger partial charge >= 0.3 is 5.97 Å². The van der Waals surface area contributed by atoms with Gasteiger partial charge in [0, 0.05) is 16.6 Å². The van der Waals surface area contributed by atoms with Crippen LogP contribution in [0.2, 0.25) is 10.0 Å². The summed E-state index contributed by atoms with van der Waals surface area (Å²) in [5.41, 5.74) is 1.77. The van der Waals surface area contributed by atoms with E-state index in [0.29, 0.717) is 34.0 Å². The Bertz CT molecular complexity index is 1080. The van der Waals surface area contributed by atoms with Crippen LogP contribution in [0.4, 0.5) is 5.69 Å². The van der Waals surface area contributed by atoms with Gasteiger partial charge in [-0.25, -0.2) is 14.5 Å². The van der Waals surface area contributed by atoms with Crippen molar-refractivity contribution in [3.05, 3.63) is 51.8 Å². The molecule has 0 aliphatic rings. The van der Waals surface area contributed by atoms with Gasteiger partial charge in [0.2, 0.25) is 0 Å². The summed E-state index contributed by atoms with van der Waals surface area (Å²) >= 11 is 11.9. The molecule has 2 heterocycles. The van der Waals surface area contributed by atoms with Gasteiger partial charge in [-0.2, -0.15) is 5.10 Å². The predicted octanol–water partition coefficient (Wildman–Crippen LogP) is 3.22. The Morgan fingerprint density at radius 2 is 2.07 bits per heavy atom. The maximum absolute atomic E-state index is 12.5. The summed E-state index contributed by atoms with van der Waals surface area (Å²) in [4.78, 5) is 29.0. The minimum atomic E-state index is -1.07. The number of aliphatic hydroxyl groups is 1. The van der Waals surface area contributed by atoms with E-state index < -0.39 is 18.0 Å². The highest BCUT2D eigenvalue weighted by Gasteiger charge is 2.21. The van der Waals surface area contributed by atoms with Gasteiger partial charge < -0.3 is 15.2 Å². The molecule has 0 radical (unpaired) electrons. The predicted molar refractivity (Wildman–Crippen MR) is 109 cm³/mol. The first kappa shape index (κ1) is 21.0. The van der Waals surface area contributed by atoms with E-state index in [2.05, 4.69) is 15.4 Å². The number of halogens is 2. The number of anilines is 1. The molecule has 29 heavy (non-hydrogen) atoms. The molecule has 0 bridgehead atoms. The highest BCUT2D eigenvalue weighted by atomic mass is 35.5. The van der Waals surface area contributed by atoms with Gasteiger partial charge in [0.05, 0.1) is 35.1 Å². The first-order valence-electron chi connectivity index (χ1n) is 8.71. The average Bonchev–Trinajstić information content (AvgIpc) is 2.99. The van der Waals surface area contributed by atoms with Crippen LogP contribution in [-0.4, -0.2) is 44.5 Å². The van der Waals surface area contributed by atoms with Crippen molar-refractivity contribution < 1.29 is 19.4 Å². The highest BCUT2D eigenvalue weighted by Crippen LogP contribution is 2.25. The number of hydrogen-bond acceptors (Lipinski definition) is 6. The number of rotatable bonds is 6. The summed E-state index contributed by atoms with van der Waals surface area (Å²) in [6.45, 7) is 3.45. The van der Waals surface area contributed by atoms with E-state index in [1.165, 1.54) is 19.2 Å². The number of amides is 1. The molecule has 10 heteroatoms. The van der Waals surface area contributed by atoms with Crippen molar-refractivity contribution >= 4 is 51.8 Å². The van der Waals surface area contributed by atoms with Crippen LogP contribution in [0.25, 0.3) is 11.0 Å². The summed E-state index contributed by atoms with van der Waals surface area (Å²) in [6, 6.07) is 6.23. The SMILES string of the molecule is Cc1nn(CCO)c2ncc(C(=O)O[C@H](C)C(=O)Nc3ccc(Cl)cc3Cl)cc12. The third kappa shape index (κ3) is 4.67. The summed E-state index contributed by atoms with van der Waals surface area (Å²) in [5.74, 6) is -1.23. The van der Waals surface area contributed by atoms with Crippen molar-refractivity contribution in [2.24, 2.45) is 0 Å². The molecule has 0 aliphatic heterocycles. The first-order valence-corrected chi connectivity index (χ1v) is 9.46. The summed E-state index contributed by atoms with van der Waals surface area (Å²) in [5, 5.41) is 17.4. The molecular formula is C19H18Cl2N4O4. The third-order valence-corrected chi connectivity index (χ3v) is 4.71. The van der Waals surface area contributed by atoms with Gasteiger partial charge in [-0.3, -0.25) is 4.79 Å². The topological polar surface area (TPSA) is 106 Å². The van der Waals surface area contributed by atoms with Gasteiger partial charge in [-0.1, -0.05) is 23.2 Å². The van der Waals surface area contributed by atoms with Crippen molar-refractivity contribution in [1.82, 2.24) is 14.8 Å². The molecule has 2 aromatic heterocycles. The molecule has 1 atom stereocenters. The fourth-order valence-electron chi connectivity index (χ4n) is 2.68. The second kappa shape index (κ2) is 8.77. The minimum Gasteiger partial charge on any atom is -0.449 e. The zero-order valence-corrected chi connectivity index (χ0v) is 17.2. The van der Waals surface area contributed by atoms with Crippen molar-refractivity contribution in [2.75, 3.05) is 11.9 Å². The zero-order chi connectivity index (χ0) is 21.1. The normalized spacial score (nSPS) is 12.0. The molecular weight excluding hydrogens is 419 g/mol. The average molecular weight is 437 g/mol. The fourth-order valence-corrected chi connectivity index (χ4v) is 3.14. The van der Waals surface area contributed by atoms with E-state index in [1.807, 2.05) is 0 Å². The van der Waals surface area contributed by atoms with E-state index in [9.17, 15) is 9.59 Å². The maximum atomic E-state index is 12.5. The van der Waals surface area contributed by atoms with E-state index in [1.54, 1.807) is 29.8 Å². The van der Waals surface area contributed by atoms with Crippen molar-refractivity contribution in [2.45, 2.75) is 26.5 Å². The van der Waals surface area contributed by atoms with Crippen LogP contribution in [0.5, 0.6) is 0 Å². The lowest BCUT2D eigenvalue weighted by atomic mass is 10.2. The highest BCUT2D eigenvalue weighted by molar-refractivity contribution is 6.36. The molecule has 8 nitrogen and oxygen atoms in total. The van der Waals surface area contributed by atoms with Gasteiger partial charge in [0.25, 0.3) is 5.91 Å². The quantitative estimate of drug-likeness (QED) is 0.574. The van der Waals surface area contributed by atoms with Gasteiger partial charge in [-0.15, -0.1) is 0 Å². The molecule has 2 N–H and O–H groups in total. The van der Waals surface area contributed by atoms with Crippen molar-refractivity contribution in [3.63, 3.8) is 0 Å². The second-order valence-electron chi connectivity index (χ2n) is 6.29. The lowest BCUT2D eigenvalue weighted by Gasteiger charge is -2.14. The fraction of sp³-hybridized carbons (Fsp3) is 0.263. The molecule has 0 saturated carbocycles. The smallest absolute Gasteiger partial charge is 0.340 e. The van der Waals surface area contributed by atoms with Crippen LogP contribution in [0.15, 0.2) is 30.5 Å². The number of nitrogens with zero attached hydrogens (tertiary/aromatic N) is 3. The lowest BCUT2D eigenvalue weighted by Crippen LogP contribution is -2.30. The Kier molecular flexibility index (Phi) is 6.36. The van der Waals surface area contributed by atoms with Crippen LogP contribution in [0, 0.1) is 6.92 Å². The molecule has 0 aliphatic carbocycles. The second-order valence-corrected chi connectivity index (χ2v) is 7.13. The summed E-state index contributed by atoms with van der Waals surface area (Å²) in [7, 11) is 0. The number of benzene rings is 1. The molecule has 0 unspecified atom stereocenters. The summed E-state index contributed by atoms with van der Waals surface area (Å²) < 4.78 is 6.81. The number of fused-ring (bicyclic) bond motifs is 1. The summed E-state index contributed by atoms with van der Waals surface area (Å²) in [6.07, 6.45) is 0.281. The number of carbonyl (C=O) groups excluding carboxylic acids is 2. The van der Waals surface area contributed by atoms with Crippen LogP contribution in [-0.2, 0) is 16.1 Å². The number of ether oxygens (including phenoxy) is 1. The largest absolute Gasteiger partial charge is 0.449 e. The Balaban J connectivity index is 1.71. The number of pyridine rings is 1. The van der Waals surface area contributed by atoms with E-state index >= 15 is 0 Å². The number of hydrogen-bond donors (Lipinski definition) is 2. The first-order chi connectivity index (χ1) is 13.8. The van der Waals surface area contributed by atoms with Gasteiger partial charge in [0.1, 0.15) is 0 Å². The van der Waals surface area contributed by atoms with Crippen LogP contribution in [0.3, 0.4) is 0 Å². The Labute approximate surface area is 176 Å². The number of nitrogens with one attached hydrogen (secondary N) is 1. The molecule has 1 amide bonds. The van der Waals surface area contributed by atoms with Gasteiger partial charge in [0.15, 0.2) is 11.8 Å². The van der Waals surface area contributed by atoms with E-state index in [4.69, 9.17) is 33.0 Å². The molecule has 1 aromatic carbocycles. The number of esters is 1. The van der Waals surface area contributed by atoms with Crippen LogP contribution in [0.1, 0.15) is 23.0 Å². The molecule has 152 valence electrons. The molecule has 3 rings (SSSR count). The number of aromatic nitrogens is 3. The third-order valence-electron chi connectivity index (χ3n) is 4.16. The van der Waals surface area contributed by atoms with Crippen LogP contribution < -0.4 is 5.32 Å². The lowest BCUT2D eigenvalue weighted by molar-refractivity contribution is -0.123. The Morgan fingerprint density at radius 1 is 1.31 bits per heavy atom. The number of carbonyl (C=O) groups is 2. The molecule has 0 spiro atoms. The standard InChI is InChI=1S/C19H18Cl2N4O4/c1-10-14-7-12(9-22-17(14)25(24-10)5-6-26)19(28)29-11(2)18(27)23-16-4-3-13(20)8-15(16)21/h3-4,7-9,11,26H,5-6H2,1-2H3,(H,23,27)/t11-/m1/s1. The van der Waals surface area contributed by atoms with E-state index in [-0.39, 0.29) is 17.2 Å². The Morgan fingerprint density at radius 3 is 2.76 bits per heavy atom. The monoisotopic (exact) mass is 436 g/mol. The Hall–Kier alpha value is -2.68.